The van der Waals surface area contributed by atoms with Crippen molar-refractivity contribution in [2.75, 3.05) is 6.54 Å². The van der Waals surface area contributed by atoms with E-state index in [1.54, 1.807) is 6.07 Å². The van der Waals surface area contributed by atoms with Gasteiger partial charge in [0.15, 0.2) is 0 Å². The molecule has 0 aliphatic rings. The predicted octanol–water partition coefficient (Wildman–Crippen LogP) is 4.19. The van der Waals surface area contributed by atoms with Crippen LogP contribution >= 0.6 is 23.2 Å². The summed E-state index contributed by atoms with van der Waals surface area (Å²) in [5, 5.41) is 1.03. The molecule has 2 rings (SSSR count). The second kappa shape index (κ2) is 7.38. The first kappa shape index (κ1) is 15.7. The summed E-state index contributed by atoms with van der Waals surface area (Å²) in [5.74, 6) is 6.56. The first-order chi connectivity index (χ1) is 10.1. The molecule has 0 heterocycles. The topological polar surface area (TPSA) is 35.2 Å². The summed E-state index contributed by atoms with van der Waals surface area (Å²) >= 11 is 12.1. The molecule has 2 aromatic rings. The van der Waals surface area contributed by atoms with Gasteiger partial charge in [-0.3, -0.25) is 0 Å². The highest BCUT2D eigenvalue weighted by atomic mass is 35.5. The molecule has 2 aromatic carbocycles. The molecule has 0 radical (unpaired) electrons. The summed E-state index contributed by atoms with van der Waals surface area (Å²) in [5.41, 5.74) is 8.19. The molecule has 0 fully saturated rings. The van der Waals surface area contributed by atoms with Gasteiger partial charge in [0.25, 0.3) is 0 Å². The van der Waals surface area contributed by atoms with Gasteiger partial charge in [0.05, 0.1) is 22.2 Å². The molecule has 21 heavy (non-hydrogen) atoms. The van der Waals surface area contributed by atoms with Crippen LogP contribution in [0.4, 0.5) is 0 Å². The molecule has 0 aliphatic carbocycles. The van der Waals surface area contributed by atoms with Crippen LogP contribution in [-0.2, 0) is 6.61 Å². The average molecular weight is 320 g/mol. The number of aryl methyl sites for hydroxylation is 1. The Labute approximate surface area is 134 Å². The van der Waals surface area contributed by atoms with Gasteiger partial charge in [0.2, 0.25) is 0 Å². The standard InChI is InChI=1S/C17H15Cl2NO/c1-12-7-8-16(13(10-12)5-3-9-20)21-11-14-4-2-6-15(18)17(14)19/h2,4,6-8,10H,9,11,20H2,1H3. The maximum Gasteiger partial charge on any atom is 0.135 e. The van der Waals surface area contributed by atoms with Gasteiger partial charge in [-0.1, -0.05) is 53.2 Å². The Morgan fingerprint density at radius 1 is 1.19 bits per heavy atom. The zero-order chi connectivity index (χ0) is 15.2. The predicted molar refractivity (Wildman–Crippen MR) is 87.9 cm³/mol. The van der Waals surface area contributed by atoms with Crippen molar-refractivity contribution in [1.29, 1.82) is 0 Å². The Hall–Kier alpha value is -1.66. The first-order valence-electron chi connectivity index (χ1n) is 6.47. The summed E-state index contributed by atoms with van der Waals surface area (Å²) < 4.78 is 5.82. The van der Waals surface area contributed by atoms with E-state index in [-0.39, 0.29) is 0 Å². The molecule has 0 spiro atoms. The van der Waals surface area contributed by atoms with Crippen LogP contribution in [0.3, 0.4) is 0 Å². The average Bonchev–Trinajstić information content (AvgIpc) is 2.48. The monoisotopic (exact) mass is 319 g/mol. The summed E-state index contributed by atoms with van der Waals surface area (Å²) in [6, 6.07) is 11.3. The van der Waals surface area contributed by atoms with E-state index in [0.717, 1.165) is 16.7 Å². The second-order valence-electron chi connectivity index (χ2n) is 4.51. The van der Waals surface area contributed by atoms with Crippen LogP contribution < -0.4 is 10.5 Å². The third kappa shape index (κ3) is 4.15. The highest BCUT2D eigenvalue weighted by Crippen LogP contribution is 2.27. The van der Waals surface area contributed by atoms with E-state index in [0.29, 0.717) is 28.9 Å². The molecule has 0 aliphatic heterocycles. The lowest BCUT2D eigenvalue weighted by atomic mass is 10.1. The molecule has 0 atom stereocenters. The van der Waals surface area contributed by atoms with Crippen LogP contribution in [0.15, 0.2) is 36.4 Å². The Balaban J connectivity index is 2.22. The number of ether oxygens (including phenoxy) is 1. The van der Waals surface area contributed by atoms with Crippen LogP contribution in [0.5, 0.6) is 5.75 Å². The van der Waals surface area contributed by atoms with Gasteiger partial charge in [0.1, 0.15) is 12.4 Å². The van der Waals surface area contributed by atoms with Crippen molar-refractivity contribution in [3.05, 3.63) is 63.1 Å². The third-order valence-corrected chi connectivity index (χ3v) is 3.73. The number of hydrogen-bond acceptors (Lipinski definition) is 2. The van der Waals surface area contributed by atoms with Crippen LogP contribution in [0, 0.1) is 18.8 Å². The third-order valence-electron chi connectivity index (χ3n) is 2.87. The van der Waals surface area contributed by atoms with Crippen molar-refractivity contribution in [2.45, 2.75) is 13.5 Å². The molecule has 0 saturated carbocycles. The molecule has 0 amide bonds. The largest absolute Gasteiger partial charge is 0.488 e. The molecule has 0 saturated heterocycles. The van der Waals surface area contributed by atoms with Gasteiger partial charge < -0.3 is 10.5 Å². The van der Waals surface area contributed by atoms with Gasteiger partial charge in [-0.2, -0.15) is 0 Å². The van der Waals surface area contributed by atoms with Gasteiger partial charge in [-0.25, -0.2) is 0 Å². The number of nitrogens with two attached hydrogens (primary N) is 1. The number of hydrogen-bond donors (Lipinski definition) is 1. The minimum Gasteiger partial charge on any atom is -0.488 e. The second-order valence-corrected chi connectivity index (χ2v) is 5.29. The maximum atomic E-state index is 6.15. The van der Waals surface area contributed by atoms with Crippen molar-refractivity contribution in [2.24, 2.45) is 5.73 Å². The molecule has 2 nitrogen and oxygen atoms in total. The Morgan fingerprint density at radius 2 is 2.00 bits per heavy atom. The quantitative estimate of drug-likeness (QED) is 0.861. The van der Waals surface area contributed by atoms with E-state index in [9.17, 15) is 0 Å². The lowest BCUT2D eigenvalue weighted by Crippen LogP contribution is -1.99. The lowest BCUT2D eigenvalue weighted by Gasteiger charge is -2.11. The van der Waals surface area contributed by atoms with Gasteiger partial charge in [-0.05, 0) is 30.7 Å². The number of benzene rings is 2. The summed E-state index contributed by atoms with van der Waals surface area (Å²) in [6.45, 7) is 2.65. The minimum atomic E-state index is 0.313. The Bertz CT molecular complexity index is 702. The molecular weight excluding hydrogens is 305 g/mol. The van der Waals surface area contributed by atoms with E-state index in [2.05, 4.69) is 11.8 Å². The summed E-state index contributed by atoms with van der Waals surface area (Å²) in [7, 11) is 0. The van der Waals surface area contributed by atoms with E-state index in [1.807, 2.05) is 37.3 Å². The van der Waals surface area contributed by atoms with Crippen molar-refractivity contribution in [1.82, 2.24) is 0 Å². The van der Waals surface area contributed by atoms with Crippen LogP contribution in [0.25, 0.3) is 0 Å². The van der Waals surface area contributed by atoms with Gasteiger partial charge in [0, 0.05) is 5.56 Å². The van der Waals surface area contributed by atoms with Crippen molar-refractivity contribution >= 4 is 23.2 Å². The number of halogens is 2. The van der Waals surface area contributed by atoms with Crippen LogP contribution in [0.1, 0.15) is 16.7 Å². The molecule has 108 valence electrons. The Morgan fingerprint density at radius 3 is 2.76 bits per heavy atom. The highest BCUT2D eigenvalue weighted by molar-refractivity contribution is 6.42. The summed E-state index contributed by atoms with van der Waals surface area (Å²) in [6.07, 6.45) is 0. The fourth-order valence-corrected chi connectivity index (χ4v) is 2.20. The minimum absolute atomic E-state index is 0.313. The molecule has 0 unspecified atom stereocenters. The van der Waals surface area contributed by atoms with E-state index in [1.165, 1.54) is 0 Å². The Kier molecular flexibility index (Phi) is 5.52. The van der Waals surface area contributed by atoms with Gasteiger partial charge in [-0.15, -0.1) is 0 Å². The SMILES string of the molecule is Cc1ccc(OCc2cccc(Cl)c2Cl)c(C#CCN)c1. The van der Waals surface area contributed by atoms with E-state index >= 15 is 0 Å². The van der Waals surface area contributed by atoms with Crippen molar-refractivity contribution < 1.29 is 4.74 Å². The van der Waals surface area contributed by atoms with Crippen LogP contribution in [0.2, 0.25) is 10.0 Å². The molecular formula is C17H15Cl2NO. The van der Waals surface area contributed by atoms with E-state index in [4.69, 9.17) is 33.7 Å². The summed E-state index contributed by atoms with van der Waals surface area (Å²) in [4.78, 5) is 0. The zero-order valence-corrected chi connectivity index (χ0v) is 13.1. The normalized spacial score (nSPS) is 9.90. The fourth-order valence-electron chi connectivity index (χ4n) is 1.83. The first-order valence-corrected chi connectivity index (χ1v) is 7.22. The number of rotatable bonds is 3. The van der Waals surface area contributed by atoms with Gasteiger partial charge >= 0.3 is 0 Å². The van der Waals surface area contributed by atoms with Crippen molar-refractivity contribution in [3.8, 4) is 17.6 Å². The smallest absolute Gasteiger partial charge is 0.135 e. The maximum absolute atomic E-state index is 6.15. The molecule has 4 heteroatoms. The lowest BCUT2D eigenvalue weighted by molar-refractivity contribution is 0.305. The molecule has 0 bridgehead atoms. The highest BCUT2D eigenvalue weighted by Gasteiger charge is 2.07. The van der Waals surface area contributed by atoms with Crippen molar-refractivity contribution in [3.63, 3.8) is 0 Å². The molecule has 0 aromatic heterocycles. The van der Waals surface area contributed by atoms with E-state index < -0.39 is 0 Å². The molecule has 2 N–H and O–H groups in total. The van der Waals surface area contributed by atoms with Crippen LogP contribution in [-0.4, -0.2) is 6.54 Å². The zero-order valence-electron chi connectivity index (χ0n) is 11.6. The fraction of sp³-hybridized carbons (Fsp3) is 0.176.